The van der Waals surface area contributed by atoms with Crippen LogP contribution in [0, 0.1) is 6.92 Å². The highest BCUT2D eigenvalue weighted by atomic mass is 16.5. The summed E-state index contributed by atoms with van der Waals surface area (Å²) in [5.41, 5.74) is 5.85. The predicted octanol–water partition coefficient (Wildman–Crippen LogP) is 0.540. The molecular formula is C8H16N4O. The largest absolute Gasteiger partial charge is 0.385 e. The van der Waals surface area contributed by atoms with Gasteiger partial charge in [0, 0.05) is 13.7 Å². The van der Waals surface area contributed by atoms with Gasteiger partial charge in [0.15, 0.2) is 5.82 Å². The Labute approximate surface area is 77.7 Å². The minimum absolute atomic E-state index is 0.0832. The predicted molar refractivity (Wildman–Crippen MR) is 49.2 cm³/mol. The van der Waals surface area contributed by atoms with E-state index in [1.165, 1.54) is 0 Å². The van der Waals surface area contributed by atoms with Crippen LogP contribution in [0.3, 0.4) is 0 Å². The van der Waals surface area contributed by atoms with Crippen molar-refractivity contribution >= 4 is 0 Å². The molecule has 1 atom stereocenters. The van der Waals surface area contributed by atoms with E-state index in [1.54, 1.807) is 7.11 Å². The molecule has 13 heavy (non-hydrogen) atoms. The van der Waals surface area contributed by atoms with E-state index in [4.69, 9.17) is 10.5 Å². The van der Waals surface area contributed by atoms with Crippen molar-refractivity contribution < 1.29 is 4.74 Å². The molecule has 1 aromatic heterocycles. The molecule has 0 saturated carbocycles. The third kappa shape index (κ3) is 3.12. The van der Waals surface area contributed by atoms with Crippen LogP contribution in [0.2, 0.25) is 0 Å². The van der Waals surface area contributed by atoms with Crippen LogP contribution in [-0.2, 0) is 4.74 Å². The summed E-state index contributed by atoms with van der Waals surface area (Å²) in [6.07, 6.45) is 1.79. The third-order valence-electron chi connectivity index (χ3n) is 1.81. The van der Waals surface area contributed by atoms with Gasteiger partial charge in [0.1, 0.15) is 5.82 Å². The number of nitrogens with one attached hydrogen (secondary N) is 1. The van der Waals surface area contributed by atoms with E-state index >= 15 is 0 Å². The van der Waals surface area contributed by atoms with Crippen molar-refractivity contribution in [2.75, 3.05) is 13.7 Å². The summed E-state index contributed by atoms with van der Waals surface area (Å²) >= 11 is 0. The molecule has 1 heterocycles. The fraction of sp³-hybridized carbons (Fsp3) is 0.750. The Hall–Kier alpha value is -0.940. The normalized spacial score (nSPS) is 13.2. The lowest BCUT2D eigenvalue weighted by Gasteiger charge is -2.05. The minimum Gasteiger partial charge on any atom is -0.385 e. The molecule has 0 aliphatic rings. The summed E-state index contributed by atoms with van der Waals surface area (Å²) in [7, 11) is 1.68. The van der Waals surface area contributed by atoms with Gasteiger partial charge in [0.25, 0.3) is 0 Å². The van der Waals surface area contributed by atoms with E-state index in [0.717, 1.165) is 25.3 Å². The van der Waals surface area contributed by atoms with Gasteiger partial charge in [-0.2, -0.15) is 5.10 Å². The summed E-state index contributed by atoms with van der Waals surface area (Å²) < 4.78 is 4.93. The molecule has 3 N–H and O–H groups in total. The summed E-state index contributed by atoms with van der Waals surface area (Å²) in [5.74, 6) is 1.49. The number of rotatable bonds is 5. The zero-order valence-electron chi connectivity index (χ0n) is 8.08. The zero-order valence-corrected chi connectivity index (χ0v) is 8.08. The Kier molecular flexibility index (Phi) is 3.85. The van der Waals surface area contributed by atoms with Gasteiger partial charge >= 0.3 is 0 Å². The molecule has 1 aromatic rings. The number of H-pyrrole nitrogens is 1. The van der Waals surface area contributed by atoms with Gasteiger partial charge in [0.2, 0.25) is 0 Å². The molecule has 0 aromatic carbocycles. The average Bonchev–Trinajstić information content (AvgIpc) is 2.52. The summed E-state index contributed by atoms with van der Waals surface area (Å²) in [6, 6.07) is -0.0832. The van der Waals surface area contributed by atoms with Gasteiger partial charge in [0.05, 0.1) is 6.04 Å². The van der Waals surface area contributed by atoms with Crippen LogP contribution in [0.1, 0.15) is 30.5 Å². The molecule has 0 aliphatic heterocycles. The fourth-order valence-electron chi connectivity index (χ4n) is 1.10. The molecule has 0 spiro atoms. The van der Waals surface area contributed by atoms with Crippen LogP contribution >= 0.6 is 0 Å². The molecule has 0 saturated heterocycles. The third-order valence-corrected chi connectivity index (χ3v) is 1.81. The monoisotopic (exact) mass is 184 g/mol. The number of ether oxygens (including phenoxy) is 1. The first-order valence-electron chi connectivity index (χ1n) is 4.37. The molecule has 1 rings (SSSR count). The van der Waals surface area contributed by atoms with E-state index in [-0.39, 0.29) is 6.04 Å². The van der Waals surface area contributed by atoms with Crippen LogP contribution in [0.4, 0.5) is 0 Å². The van der Waals surface area contributed by atoms with Crippen molar-refractivity contribution in [3.63, 3.8) is 0 Å². The Morgan fingerprint density at radius 2 is 2.38 bits per heavy atom. The van der Waals surface area contributed by atoms with E-state index in [1.807, 2.05) is 6.92 Å². The molecule has 0 fully saturated rings. The maximum absolute atomic E-state index is 5.85. The second kappa shape index (κ2) is 4.94. The standard InChI is InChI=1S/C8H16N4O/c1-6-10-8(12-11-6)7(9)4-3-5-13-2/h7H,3-5,9H2,1-2H3,(H,10,11,12). The SMILES string of the molecule is COCCCC(N)c1n[nH]c(C)n1. The van der Waals surface area contributed by atoms with Gasteiger partial charge in [-0.15, -0.1) is 0 Å². The van der Waals surface area contributed by atoms with Gasteiger partial charge in [-0.25, -0.2) is 4.98 Å². The van der Waals surface area contributed by atoms with Gasteiger partial charge in [-0.3, -0.25) is 5.10 Å². The number of hydrogen-bond acceptors (Lipinski definition) is 4. The first-order valence-corrected chi connectivity index (χ1v) is 4.37. The van der Waals surface area contributed by atoms with Crippen molar-refractivity contribution in [3.05, 3.63) is 11.6 Å². The lowest BCUT2D eigenvalue weighted by atomic mass is 10.1. The summed E-state index contributed by atoms with van der Waals surface area (Å²) in [4.78, 5) is 4.16. The Morgan fingerprint density at radius 3 is 2.92 bits per heavy atom. The second-order valence-corrected chi connectivity index (χ2v) is 3.02. The van der Waals surface area contributed by atoms with Crippen molar-refractivity contribution in [2.45, 2.75) is 25.8 Å². The van der Waals surface area contributed by atoms with E-state index in [2.05, 4.69) is 15.2 Å². The molecule has 5 heteroatoms. The Balaban J connectivity index is 2.35. The molecule has 0 bridgehead atoms. The molecule has 1 unspecified atom stereocenters. The van der Waals surface area contributed by atoms with Gasteiger partial charge in [-0.05, 0) is 19.8 Å². The van der Waals surface area contributed by atoms with E-state index in [0.29, 0.717) is 5.82 Å². The number of aromatic nitrogens is 3. The van der Waals surface area contributed by atoms with Gasteiger partial charge < -0.3 is 10.5 Å². The quantitative estimate of drug-likeness (QED) is 0.655. The summed E-state index contributed by atoms with van der Waals surface area (Å²) in [5, 5.41) is 6.76. The number of aromatic amines is 1. The van der Waals surface area contributed by atoms with Gasteiger partial charge in [-0.1, -0.05) is 0 Å². The molecule has 0 amide bonds. The minimum atomic E-state index is -0.0832. The molecular weight excluding hydrogens is 168 g/mol. The Morgan fingerprint density at radius 1 is 1.62 bits per heavy atom. The lowest BCUT2D eigenvalue weighted by Crippen LogP contribution is -2.12. The zero-order chi connectivity index (χ0) is 9.68. The van der Waals surface area contributed by atoms with Crippen LogP contribution < -0.4 is 5.73 Å². The van der Waals surface area contributed by atoms with Crippen molar-refractivity contribution in [2.24, 2.45) is 5.73 Å². The smallest absolute Gasteiger partial charge is 0.167 e. The topological polar surface area (TPSA) is 76.8 Å². The molecule has 74 valence electrons. The first-order chi connectivity index (χ1) is 6.24. The number of aryl methyl sites for hydroxylation is 1. The lowest BCUT2D eigenvalue weighted by molar-refractivity contribution is 0.190. The highest BCUT2D eigenvalue weighted by Crippen LogP contribution is 2.10. The fourth-order valence-corrected chi connectivity index (χ4v) is 1.10. The van der Waals surface area contributed by atoms with E-state index < -0.39 is 0 Å². The first kappa shape index (κ1) is 10.1. The van der Waals surface area contributed by atoms with Crippen molar-refractivity contribution in [1.82, 2.24) is 15.2 Å². The number of nitrogens with two attached hydrogens (primary N) is 1. The van der Waals surface area contributed by atoms with Crippen LogP contribution in [0.15, 0.2) is 0 Å². The molecule has 5 nitrogen and oxygen atoms in total. The Bertz CT molecular complexity index is 248. The van der Waals surface area contributed by atoms with Crippen molar-refractivity contribution in [1.29, 1.82) is 0 Å². The molecule has 0 radical (unpaired) electrons. The maximum atomic E-state index is 5.85. The van der Waals surface area contributed by atoms with Crippen LogP contribution in [-0.4, -0.2) is 28.9 Å². The highest BCUT2D eigenvalue weighted by Gasteiger charge is 2.09. The maximum Gasteiger partial charge on any atom is 0.167 e. The van der Waals surface area contributed by atoms with Crippen LogP contribution in [0.25, 0.3) is 0 Å². The van der Waals surface area contributed by atoms with E-state index in [9.17, 15) is 0 Å². The number of methoxy groups -OCH3 is 1. The number of hydrogen-bond donors (Lipinski definition) is 2. The second-order valence-electron chi connectivity index (χ2n) is 3.02. The van der Waals surface area contributed by atoms with Crippen molar-refractivity contribution in [3.8, 4) is 0 Å². The number of nitrogens with zero attached hydrogens (tertiary/aromatic N) is 2. The van der Waals surface area contributed by atoms with Crippen LogP contribution in [0.5, 0.6) is 0 Å². The molecule has 0 aliphatic carbocycles. The average molecular weight is 184 g/mol. The highest BCUT2D eigenvalue weighted by molar-refractivity contribution is 4.93. The summed E-state index contributed by atoms with van der Waals surface area (Å²) in [6.45, 7) is 2.59.